The van der Waals surface area contributed by atoms with Crippen molar-refractivity contribution in [2.45, 2.75) is 52.3 Å². The Morgan fingerprint density at radius 3 is 2.09 bits per heavy atom. The minimum atomic E-state index is -4.71. The summed E-state index contributed by atoms with van der Waals surface area (Å²) in [5.41, 5.74) is 1.19. The highest BCUT2D eigenvalue weighted by atomic mass is 19.4. The number of pyridine rings is 2. The molecule has 0 spiro atoms. The van der Waals surface area contributed by atoms with Gasteiger partial charge in [0, 0.05) is 66.4 Å². The van der Waals surface area contributed by atoms with E-state index >= 15 is 0 Å². The molecule has 4 heterocycles. The van der Waals surface area contributed by atoms with Crippen LogP contribution >= 0.6 is 0 Å². The van der Waals surface area contributed by atoms with Gasteiger partial charge in [0.25, 0.3) is 5.91 Å². The molecule has 1 N–H and O–H groups in total. The number of ether oxygens (including phenoxy) is 6. The fraction of sp³-hybridized carbons (Fsp3) is 0.447. The number of aromatic nitrogens is 3. The van der Waals surface area contributed by atoms with Crippen molar-refractivity contribution in [1.29, 1.82) is 0 Å². The van der Waals surface area contributed by atoms with Crippen LogP contribution in [0.25, 0.3) is 32.9 Å². The van der Waals surface area contributed by atoms with Crippen molar-refractivity contribution in [2.75, 3.05) is 73.1 Å². The van der Waals surface area contributed by atoms with Crippen molar-refractivity contribution in [3.63, 3.8) is 0 Å². The number of carbonyl (C=O) groups is 4. The van der Waals surface area contributed by atoms with E-state index in [4.69, 9.17) is 28.4 Å². The minimum Gasteiger partial charge on any atom is -0.491 e. The molecule has 1 fully saturated rings. The van der Waals surface area contributed by atoms with Crippen LogP contribution in [0, 0.1) is 5.92 Å². The first-order valence-corrected chi connectivity index (χ1v) is 21.4. The van der Waals surface area contributed by atoms with Gasteiger partial charge in [-0.1, -0.05) is 39.3 Å². The number of carbonyl (C=O) groups excluding carboxylic acids is 4. The summed E-state index contributed by atoms with van der Waals surface area (Å²) in [6.45, 7) is 8.86. The van der Waals surface area contributed by atoms with Crippen LogP contribution < -0.4 is 14.8 Å². The van der Waals surface area contributed by atoms with E-state index in [1.54, 1.807) is 36.7 Å². The van der Waals surface area contributed by atoms with Gasteiger partial charge in [0.05, 0.1) is 63.9 Å². The molecule has 0 bridgehead atoms. The molecule has 15 nitrogen and oxygen atoms in total. The number of nitrogens with zero attached hydrogens (tertiary/aromatic N) is 4. The van der Waals surface area contributed by atoms with Crippen molar-refractivity contribution in [3.8, 4) is 22.8 Å². The van der Waals surface area contributed by atoms with Gasteiger partial charge in [0.15, 0.2) is 12.0 Å². The summed E-state index contributed by atoms with van der Waals surface area (Å²) in [4.78, 5) is 57.6. The molecule has 3 amide bonds. The first-order chi connectivity index (χ1) is 31.2. The van der Waals surface area contributed by atoms with Crippen LogP contribution in [0.2, 0.25) is 0 Å². The second-order valence-electron chi connectivity index (χ2n) is 15.4. The lowest BCUT2D eigenvalue weighted by Gasteiger charge is -2.30. The normalized spacial score (nSPS) is 14.0. The van der Waals surface area contributed by atoms with E-state index in [0.29, 0.717) is 37.4 Å². The number of fused-ring (bicyclic) bond motifs is 3. The third-order valence-corrected chi connectivity index (χ3v) is 10.5. The van der Waals surface area contributed by atoms with Crippen LogP contribution in [0.3, 0.4) is 0 Å². The number of piperidine rings is 1. The van der Waals surface area contributed by atoms with Gasteiger partial charge in [-0.3, -0.25) is 29.5 Å². The number of imide groups is 1. The van der Waals surface area contributed by atoms with Crippen molar-refractivity contribution in [2.24, 2.45) is 13.0 Å². The molecule has 5 aromatic rings. The van der Waals surface area contributed by atoms with Gasteiger partial charge in [0.2, 0.25) is 17.7 Å². The molecule has 350 valence electrons. The number of aryl methyl sites for hydroxylation is 1. The summed E-state index contributed by atoms with van der Waals surface area (Å²) >= 11 is 0. The van der Waals surface area contributed by atoms with Crippen LogP contribution in [0.1, 0.15) is 66.4 Å². The highest BCUT2D eigenvalue weighted by Crippen LogP contribution is 2.39. The number of hydrogen-bond acceptors (Lipinski definition) is 12. The summed E-state index contributed by atoms with van der Waals surface area (Å²) in [6, 6.07) is 13.4. The zero-order chi connectivity index (χ0) is 46.9. The lowest BCUT2D eigenvalue weighted by atomic mass is 10.0. The largest absolute Gasteiger partial charge is 0.491 e. The maximum atomic E-state index is 14.1. The number of rotatable bonds is 22. The second-order valence-corrected chi connectivity index (χ2v) is 15.4. The molecule has 65 heavy (non-hydrogen) atoms. The summed E-state index contributed by atoms with van der Waals surface area (Å²) in [5, 5.41) is 4.02. The predicted octanol–water partition coefficient (Wildman–Crippen LogP) is 7.07. The monoisotopic (exact) mass is 907 g/mol. The maximum Gasteiger partial charge on any atom is 0.434 e. The number of aldehydes is 1. The summed E-state index contributed by atoms with van der Waals surface area (Å²) in [7, 11) is 3.30. The fourth-order valence-corrected chi connectivity index (χ4v) is 6.67. The van der Waals surface area contributed by atoms with E-state index in [9.17, 15) is 32.3 Å². The second kappa shape index (κ2) is 24.4. The van der Waals surface area contributed by atoms with Crippen LogP contribution in [-0.2, 0) is 41.8 Å². The molecule has 0 saturated carbocycles. The van der Waals surface area contributed by atoms with E-state index in [2.05, 4.69) is 36.1 Å². The third kappa shape index (κ3) is 14.0. The first kappa shape index (κ1) is 50.1. The summed E-state index contributed by atoms with van der Waals surface area (Å²) in [6.07, 6.45) is 0.846. The molecule has 0 radical (unpaired) electrons. The molecule has 1 atom stereocenters. The fourth-order valence-electron chi connectivity index (χ4n) is 6.67. The Hall–Kier alpha value is -5.95. The SMILES string of the molecule is CCC(C)C.CN(C(=O)c1cc(OCCOCCOCCOCCOCCOc2ccc(-c3ccc4c5cnccc5n(C)c4c3)c(C(F)(F)F)n2)ccc1C=O)C1CCC(=O)NC1=O. The number of amides is 3. The Bertz CT molecular complexity index is 2390. The lowest BCUT2D eigenvalue weighted by Crippen LogP contribution is -2.53. The van der Waals surface area contributed by atoms with Gasteiger partial charge in [-0.25, -0.2) is 4.98 Å². The molecule has 3 aromatic heterocycles. The van der Waals surface area contributed by atoms with E-state index in [0.717, 1.165) is 27.7 Å². The van der Waals surface area contributed by atoms with E-state index in [1.165, 1.54) is 42.6 Å². The van der Waals surface area contributed by atoms with Crippen LogP contribution in [0.4, 0.5) is 13.2 Å². The molecule has 1 unspecified atom stereocenters. The number of likely N-dealkylation sites (N-methyl/N-ethyl adjacent to an activating group) is 1. The molecule has 0 aliphatic carbocycles. The van der Waals surface area contributed by atoms with Crippen LogP contribution in [0.5, 0.6) is 11.6 Å². The lowest BCUT2D eigenvalue weighted by molar-refractivity contribution is -0.141. The van der Waals surface area contributed by atoms with Crippen LogP contribution in [0.15, 0.2) is 67.0 Å². The van der Waals surface area contributed by atoms with Gasteiger partial charge in [-0.2, -0.15) is 13.2 Å². The number of nitrogens with one attached hydrogen (secondary N) is 1. The zero-order valence-corrected chi connectivity index (χ0v) is 37.3. The molecule has 1 aliphatic heterocycles. The van der Waals surface area contributed by atoms with E-state index in [-0.39, 0.29) is 81.7 Å². The Morgan fingerprint density at radius 2 is 1.49 bits per heavy atom. The average molecular weight is 908 g/mol. The highest BCUT2D eigenvalue weighted by molar-refractivity contribution is 6.09. The van der Waals surface area contributed by atoms with Crippen LogP contribution in [-0.4, -0.2) is 123 Å². The number of hydrogen-bond donors (Lipinski definition) is 1. The zero-order valence-electron chi connectivity index (χ0n) is 37.3. The predicted molar refractivity (Wildman–Crippen MR) is 236 cm³/mol. The van der Waals surface area contributed by atoms with Gasteiger partial charge >= 0.3 is 6.18 Å². The number of benzene rings is 2. The van der Waals surface area contributed by atoms with Gasteiger partial charge in [0.1, 0.15) is 25.0 Å². The Morgan fingerprint density at radius 1 is 0.862 bits per heavy atom. The number of alkyl halides is 3. The van der Waals surface area contributed by atoms with Gasteiger partial charge in [-0.05, 0) is 54.3 Å². The smallest absolute Gasteiger partial charge is 0.434 e. The quantitative estimate of drug-likeness (QED) is 0.0427. The third-order valence-electron chi connectivity index (χ3n) is 10.5. The number of halogens is 3. The van der Waals surface area contributed by atoms with Crippen molar-refractivity contribution in [1.82, 2.24) is 24.8 Å². The highest BCUT2D eigenvalue weighted by Gasteiger charge is 2.37. The molecule has 18 heteroatoms. The van der Waals surface area contributed by atoms with Crippen molar-refractivity contribution < 1.29 is 60.8 Å². The Kier molecular flexibility index (Phi) is 18.8. The van der Waals surface area contributed by atoms with Crippen molar-refractivity contribution in [3.05, 3.63) is 83.8 Å². The standard InChI is InChI=1S/C42H44F3N5O10.C5H12/c1-49-34-11-12-46-25-33(34)31-6-4-27(23-36(31)49)30-7-10-38(48-39(30)42(43,44)45)60-22-20-58-18-16-56-14-13-55-15-17-57-19-21-59-29-5-3-28(26-51)32(24-29)41(54)50(2)35-8-9-37(52)47-40(35)53;1-4-5(2)3/h3-7,10-12,23-26,35H,8-9,13-22H2,1-2H3,(H,47,52,53);5H,4H2,1-3H3. The topological polar surface area (TPSA) is 170 Å². The molecule has 1 saturated heterocycles. The maximum absolute atomic E-state index is 14.1. The molecular formula is C47H56F3N5O10. The summed E-state index contributed by atoms with van der Waals surface area (Å²) in [5.74, 6) is -0.465. The van der Waals surface area contributed by atoms with Gasteiger partial charge in [-0.15, -0.1) is 0 Å². The van der Waals surface area contributed by atoms with Gasteiger partial charge < -0.3 is 37.9 Å². The van der Waals surface area contributed by atoms with E-state index < -0.39 is 35.6 Å². The average Bonchev–Trinajstić information content (AvgIpc) is 3.58. The van der Waals surface area contributed by atoms with Crippen molar-refractivity contribution >= 4 is 45.8 Å². The Labute approximate surface area is 375 Å². The molecule has 1 aliphatic rings. The summed E-state index contributed by atoms with van der Waals surface area (Å²) < 4.78 is 77.5. The first-order valence-electron chi connectivity index (χ1n) is 21.4. The molecule has 2 aromatic carbocycles. The minimum absolute atomic E-state index is 0.00896. The van der Waals surface area contributed by atoms with E-state index in [1.807, 2.05) is 17.7 Å². The molecule has 6 rings (SSSR count). The Balaban J connectivity index is 0.00000150. The molecular weight excluding hydrogens is 852 g/mol.